The average Bonchev–Trinajstić information content (AvgIpc) is 2.18. The zero-order valence-corrected chi connectivity index (χ0v) is 8.99. The lowest BCUT2D eigenvalue weighted by molar-refractivity contribution is 0.295. The summed E-state index contributed by atoms with van der Waals surface area (Å²) in [6, 6.07) is 0. The van der Waals surface area contributed by atoms with Gasteiger partial charge in [0.05, 0.1) is 5.76 Å². The lowest BCUT2D eigenvalue weighted by Crippen LogP contribution is -1.88. The number of rotatable bonds is 2. The summed E-state index contributed by atoms with van der Waals surface area (Å²) in [5, 5.41) is 0. The van der Waals surface area contributed by atoms with E-state index in [4.69, 9.17) is 4.74 Å². The van der Waals surface area contributed by atoms with Gasteiger partial charge in [-0.3, -0.25) is 0 Å². The third kappa shape index (κ3) is 4.13. The molecule has 0 heterocycles. The fourth-order valence-electron chi connectivity index (χ4n) is 1.33. The van der Waals surface area contributed by atoms with E-state index >= 15 is 0 Å². The third-order valence-corrected chi connectivity index (χ3v) is 2.00. The van der Waals surface area contributed by atoms with Crippen LogP contribution in [0, 0.1) is 5.92 Å². The van der Waals surface area contributed by atoms with Crippen LogP contribution in [0.1, 0.15) is 26.7 Å². The first-order valence-corrected chi connectivity index (χ1v) is 5.06. The maximum atomic E-state index is 5.50. The first-order valence-electron chi connectivity index (χ1n) is 5.06. The minimum atomic E-state index is 0.510. The molecule has 0 aliphatic heterocycles. The standard InChI is InChI=1S/C13H18O/c1-11(2)14-13-9-5-4-7-12(3)8-6-10-13/h4,6-8,10,12H,1,5,9H2,2-3H3/b7-4-,8-6?,13-10+. The second-order valence-corrected chi connectivity index (χ2v) is 3.65. The molecule has 76 valence electrons. The smallest absolute Gasteiger partial charge is 0.104 e. The highest BCUT2D eigenvalue weighted by Crippen LogP contribution is 2.14. The molecule has 1 nitrogen and oxygen atoms in total. The Balaban J connectivity index is 2.66. The molecule has 1 unspecified atom stereocenters. The van der Waals surface area contributed by atoms with Crippen molar-refractivity contribution in [1.29, 1.82) is 0 Å². The molecule has 0 spiro atoms. The van der Waals surface area contributed by atoms with Crippen molar-refractivity contribution >= 4 is 0 Å². The normalized spacial score (nSPS) is 27.9. The number of hydrogen-bond donors (Lipinski definition) is 0. The molecule has 1 aliphatic carbocycles. The van der Waals surface area contributed by atoms with Crippen LogP contribution >= 0.6 is 0 Å². The van der Waals surface area contributed by atoms with E-state index in [1.165, 1.54) is 0 Å². The summed E-state index contributed by atoms with van der Waals surface area (Å²) >= 11 is 0. The van der Waals surface area contributed by atoms with Crippen molar-refractivity contribution in [3.63, 3.8) is 0 Å². The first-order chi connectivity index (χ1) is 6.68. The van der Waals surface area contributed by atoms with Crippen LogP contribution in [0.25, 0.3) is 0 Å². The Bertz CT molecular complexity index is 282. The predicted molar refractivity (Wildman–Crippen MR) is 60.7 cm³/mol. The van der Waals surface area contributed by atoms with Gasteiger partial charge in [0.2, 0.25) is 0 Å². The highest BCUT2D eigenvalue weighted by Gasteiger charge is 1.99. The van der Waals surface area contributed by atoms with Crippen LogP contribution in [0.15, 0.2) is 48.5 Å². The van der Waals surface area contributed by atoms with Crippen molar-refractivity contribution in [3.8, 4) is 0 Å². The topological polar surface area (TPSA) is 9.23 Å². The number of allylic oxidation sites excluding steroid dienone is 7. The van der Waals surface area contributed by atoms with Gasteiger partial charge in [-0.2, -0.15) is 0 Å². The summed E-state index contributed by atoms with van der Waals surface area (Å²) in [4.78, 5) is 0. The summed E-state index contributed by atoms with van der Waals surface area (Å²) in [5.41, 5.74) is 0. The Hall–Kier alpha value is -1.24. The molecule has 1 aliphatic rings. The van der Waals surface area contributed by atoms with Gasteiger partial charge in [-0.05, 0) is 25.3 Å². The van der Waals surface area contributed by atoms with Crippen LogP contribution in [-0.4, -0.2) is 0 Å². The molecule has 14 heavy (non-hydrogen) atoms. The van der Waals surface area contributed by atoms with Crippen LogP contribution in [-0.2, 0) is 4.74 Å². The Morgan fingerprint density at radius 1 is 1.50 bits per heavy atom. The molecule has 0 radical (unpaired) electrons. The molecule has 0 aromatic heterocycles. The molecule has 0 aromatic rings. The quantitative estimate of drug-likeness (QED) is 0.473. The summed E-state index contributed by atoms with van der Waals surface area (Å²) in [5.74, 6) is 2.25. The van der Waals surface area contributed by atoms with Gasteiger partial charge < -0.3 is 4.74 Å². The Labute approximate surface area is 86.5 Å². The molecule has 0 aromatic carbocycles. The van der Waals surface area contributed by atoms with E-state index in [0.29, 0.717) is 5.92 Å². The van der Waals surface area contributed by atoms with Gasteiger partial charge in [-0.25, -0.2) is 0 Å². The lowest BCUT2D eigenvalue weighted by Gasteiger charge is -2.07. The minimum Gasteiger partial charge on any atom is -0.467 e. The van der Waals surface area contributed by atoms with Crippen molar-refractivity contribution in [2.24, 2.45) is 5.92 Å². The SMILES string of the molecule is C=C(C)O/C1=C/C=CC(C)/C=C\CC1. The van der Waals surface area contributed by atoms with Crippen LogP contribution in [0.4, 0.5) is 0 Å². The van der Waals surface area contributed by atoms with E-state index in [1.807, 2.05) is 13.0 Å². The van der Waals surface area contributed by atoms with Crippen LogP contribution < -0.4 is 0 Å². The van der Waals surface area contributed by atoms with Gasteiger partial charge in [0.15, 0.2) is 0 Å². The maximum Gasteiger partial charge on any atom is 0.104 e. The van der Waals surface area contributed by atoms with E-state index in [9.17, 15) is 0 Å². The fraction of sp³-hybridized carbons (Fsp3) is 0.385. The van der Waals surface area contributed by atoms with E-state index < -0.39 is 0 Å². The van der Waals surface area contributed by atoms with Crippen LogP contribution in [0.3, 0.4) is 0 Å². The molecule has 0 saturated carbocycles. The Morgan fingerprint density at radius 2 is 2.29 bits per heavy atom. The molecule has 1 heteroatoms. The van der Waals surface area contributed by atoms with Crippen molar-refractivity contribution < 1.29 is 4.74 Å². The molecular weight excluding hydrogens is 172 g/mol. The van der Waals surface area contributed by atoms with Crippen molar-refractivity contribution in [3.05, 3.63) is 48.5 Å². The highest BCUT2D eigenvalue weighted by atomic mass is 16.5. The monoisotopic (exact) mass is 190 g/mol. The van der Waals surface area contributed by atoms with Gasteiger partial charge in [0, 0.05) is 6.42 Å². The van der Waals surface area contributed by atoms with Crippen LogP contribution in [0.2, 0.25) is 0 Å². The molecule has 0 bridgehead atoms. The van der Waals surface area contributed by atoms with E-state index in [1.54, 1.807) is 0 Å². The van der Waals surface area contributed by atoms with E-state index in [-0.39, 0.29) is 0 Å². The van der Waals surface area contributed by atoms with Crippen molar-refractivity contribution in [2.45, 2.75) is 26.7 Å². The fourth-order valence-corrected chi connectivity index (χ4v) is 1.33. The van der Waals surface area contributed by atoms with Gasteiger partial charge in [-0.15, -0.1) is 0 Å². The summed E-state index contributed by atoms with van der Waals surface area (Å²) in [7, 11) is 0. The van der Waals surface area contributed by atoms with Crippen LogP contribution in [0.5, 0.6) is 0 Å². The average molecular weight is 190 g/mol. The van der Waals surface area contributed by atoms with Gasteiger partial charge in [0.1, 0.15) is 5.76 Å². The maximum absolute atomic E-state index is 5.50. The minimum absolute atomic E-state index is 0.510. The summed E-state index contributed by atoms with van der Waals surface area (Å²) < 4.78 is 5.50. The van der Waals surface area contributed by atoms with Gasteiger partial charge in [0.25, 0.3) is 0 Å². The van der Waals surface area contributed by atoms with Crippen molar-refractivity contribution in [2.75, 3.05) is 0 Å². The summed E-state index contributed by atoms with van der Waals surface area (Å²) in [6.07, 6.45) is 12.6. The Morgan fingerprint density at radius 3 is 3.00 bits per heavy atom. The lowest BCUT2D eigenvalue weighted by atomic mass is 10.1. The molecular formula is C13H18O. The molecule has 0 amide bonds. The highest BCUT2D eigenvalue weighted by molar-refractivity contribution is 5.14. The zero-order valence-electron chi connectivity index (χ0n) is 8.99. The van der Waals surface area contributed by atoms with Gasteiger partial charge >= 0.3 is 0 Å². The first kappa shape index (κ1) is 10.8. The molecule has 1 rings (SSSR count). The van der Waals surface area contributed by atoms with E-state index in [0.717, 1.165) is 24.4 Å². The summed E-state index contributed by atoms with van der Waals surface area (Å²) in [6.45, 7) is 7.78. The largest absolute Gasteiger partial charge is 0.467 e. The second kappa shape index (κ2) is 5.48. The number of hydrogen-bond acceptors (Lipinski definition) is 1. The molecule has 0 N–H and O–H groups in total. The third-order valence-electron chi connectivity index (χ3n) is 2.00. The molecule has 0 saturated heterocycles. The Kier molecular flexibility index (Phi) is 4.24. The van der Waals surface area contributed by atoms with E-state index in [2.05, 4.69) is 37.8 Å². The predicted octanol–water partition coefficient (Wildman–Crippen LogP) is 3.96. The zero-order chi connectivity index (χ0) is 10.4. The molecule has 1 atom stereocenters. The number of ether oxygens (including phenoxy) is 1. The molecule has 0 fully saturated rings. The second-order valence-electron chi connectivity index (χ2n) is 3.65. The van der Waals surface area contributed by atoms with Crippen molar-refractivity contribution in [1.82, 2.24) is 0 Å². The van der Waals surface area contributed by atoms with Gasteiger partial charge in [-0.1, -0.05) is 37.8 Å².